The van der Waals surface area contributed by atoms with Gasteiger partial charge < -0.3 is 4.90 Å². The summed E-state index contributed by atoms with van der Waals surface area (Å²) < 4.78 is 0. The molecule has 126 valence electrons. The molecule has 3 heteroatoms. The fourth-order valence-corrected chi connectivity index (χ4v) is 3.88. The first-order valence-electron chi connectivity index (χ1n) is 8.86. The monoisotopic (exact) mass is 330 g/mol. The second-order valence-electron chi connectivity index (χ2n) is 6.92. The van der Waals surface area contributed by atoms with E-state index in [2.05, 4.69) is 41.4 Å². The molecule has 1 atom stereocenters. The lowest BCUT2D eigenvalue weighted by Crippen LogP contribution is -2.35. The van der Waals surface area contributed by atoms with Crippen molar-refractivity contribution in [3.8, 4) is 0 Å². The molecule has 0 fully saturated rings. The maximum absolute atomic E-state index is 13.0. The predicted octanol–water partition coefficient (Wildman–Crippen LogP) is 4.00. The van der Waals surface area contributed by atoms with Gasteiger partial charge in [-0.05, 0) is 47.4 Å². The standard InChI is InChI=1S/C22H22N2O/c1-24(15-20-8-4-7-19-14-23-12-11-21(19)20)22(25)18-10-9-16-5-2-3-6-17(16)13-18/h2-8,11-12,14,18H,9-10,13,15H2,1H3/t18-/m1/s1. The molecule has 0 aliphatic heterocycles. The third kappa shape index (κ3) is 3.14. The molecule has 4 rings (SSSR count). The van der Waals surface area contributed by atoms with Crippen LogP contribution in [0.3, 0.4) is 0 Å². The van der Waals surface area contributed by atoms with E-state index in [1.165, 1.54) is 22.1 Å². The largest absolute Gasteiger partial charge is 0.341 e. The minimum absolute atomic E-state index is 0.0940. The lowest BCUT2D eigenvalue weighted by molar-refractivity contribution is -0.135. The van der Waals surface area contributed by atoms with Crippen LogP contribution in [0.4, 0.5) is 0 Å². The van der Waals surface area contributed by atoms with Crippen LogP contribution in [0.1, 0.15) is 23.1 Å². The number of benzene rings is 2. The van der Waals surface area contributed by atoms with Crippen molar-refractivity contribution in [2.45, 2.75) is 25.8 Å². The number of nitrogens with zero attached hydrogens (tertiary/aromatic N) is 2. The van der Waals surface area contributed by atoms with Crippen molar-refractivity contribution in [1.29, 1.82) is 0 Å². The molecule has 2 aromatic carbocycles. The maximum atomic E-state index is 13.0. The topological polar surface area (TPSA) is 33.2 Å². The van der Waals surface area contributed by atoms with Gasteiger partial charge in [0.25, 0.3) is 0 Å². The average Bonchev–Trinajstić information content (AvgIpc) is 2.67. The van der Waals surface area contributed by atoms with E-state index in [1.54, 1.807) is 0 Å². The van der Waals surface area contributed by atoms with E-state index in [1.807, 2.05) is 36.5 Å². The Morgan fingerprint density at radius 3 is 2.84 bits per heavy atom. The second-order valence-corrected chi connectivity index (χ2v) is 6.92. The first-order valence-corrected chi connectivity index (χ1v) is 8.86. The maximum Gasteiger partial charge on any atom is 0.226 e. The van der Waals surface area contributed by atoms with Gasteiger partial charge in [-0.15, -0.1) is 0 Å². The number of pyridine rings is 1. The fourth-order valence-electron chi connectivity index (χ4n) is 3.88. The van der Waals surface area contributed by atoms with Crippen molar-refractivity contribution >= 4 is 16.7 Å². The third-order valence-corrected chi connectivity index (χ3v) is 5.25. The molecule has 25 heavy (non-hydrogen) atoms. The van der Waals surface area contributed by atoms with Gasteiger partial charge in [-0.1, -0.05) is 42.5 Å². The Kier molecular flexibility index (Phi) is 4.22. The van der Waals surface area contributed by atoms with Crippen LogP contribution < -0.4 is 0 Å². The zero-order valence-corrected chi connectivity index (χ0v) is 14.5. The highest BCUT2D eigenvalue weighted by molar-refractivity contribution is 5.85. The number of aryl methyl sites for hydroxylation is 1. The summed E-state index contributed by atoms with van der Waals surface area (Å²) >= 11 is 0. The van der Waals surface area contributed by atoms with Gasteiger partial charge in [0.05, 0.1) is 0 Å². The van der Waals surface area contributed by atoms with E-state index >= 15 is 0 Å². The second kappa shape index (κ2) is 6.67. The number of amides is 1. The summed E-state index contributed by atoms with van der Waals surface area (Å²) in [5, 5.41) is 2.29. The smallest absolute Gasteiger partial charge is 0.226 e. The SMILES string of the molecule is CN(Cc1cccc2cnccc12)C(=O)[C@@H]1CCc2ccccc2C1. The Balaban J connectivity index is 1.51. The minimum Gasteiger partial charge on any atom is -0.341 e. The lowest BCUT2D eigenvalue weighted by Gasteiger charge is -2.28. The molecule has 3 nitrogen and oxygen atoms in total. The van der Waals surface area contributed by atoms with Gasteiger partial charge in [-0.3, -0.25) is 9.78 Å². The molecule has 0 radical (unpaired) electrons. The van der Waals surface area contributed by atoms with E-state index in [-0.39, 0.29) is 11.8 Å². The van der Waals surface area contributed by atoms with Crippen molar-refractivity contribution in [3.05, 3.63) is 77.6 Å². The van der Waals surface area contributed by atoms with Crippen molar-refractivity contribution in [2.75, 3.05) is 7.05 Å². The number of aromatic nitrogens is 1. The lowest BCUT2D eigenvalue weighted by atomic mass is 9.83. The Labute approximate surface area is 148 Å². The number of carbonyl (C=O) groups excluding carboxylic acids is 1. The molecule has 1 amide bonds. The van der Waals surface area contributed by atoms with E-state index in [0.717, 1.165) is 24.6 Å². The van der Waals surface area contributed by atoms with Gasteiger partial charge in [0, 0.05) is 37.3 Å². The molecular weight excluding hydrogens is 308 g/mol. The first kappa shape index (κ1) is 15.8. The minimum atomic E-state index is 0.0940. The number of rotatable bonds is 3. The zero-order chi connectivity index (χ0) is 17.2. The normalized spacial score (nSPS) is 16.4. The molecule has 0 N–H and O–H groups in total. The highest BCUT2D eigenvalue weighted by Gasteiger charge is 2.26. The molecule has 0 saturated heterocycles. The molecule has 1 heterocycles. The van der Waals surface area contributed by atoms with Gasteiger partial charge in [0.1, 0.15) is 0 Å². The third-order valence-electron chi connectivity index (χ3n) is 5.25. The summed E-state index contributed by atoms with van der Waals surface area (Å²) in [6, 6.07) is 16.7. The molecule has 3 aromatic rings. The summed E-state index contributed by atoms with van der Waals surface area (Å²) in [6.07, 6.45) is 6.49. The molecule has 0 spiro atoms. The number of carbonyl (C=O) groups is 1. The Bertz CT molecular complexity index is 913. The predicted molar refractivity (Wildman–Crippen MR) is 100 cm³/mol. The molecule has 1 aliphatic carbocycles. The molecule has 1 aromatic heterocycles. The molecule has 0 bridgehead atoms. The van der Waals surface area contributed by atoms with E-state index in [9.17, 15) is 4.79 Å². The van der Waals surface area contributed by atoms with E-state index < -0.39 is 0 Å². The van der Waals surface area contributed by atoms with Gasteiger partial charge in [0.15, 0.2) is 0 Å². The number of hydrogen-bond acceptors (Lipinski definition) is 2. The van der Waals surface area contributed by atoms with Gasteiger partial charge in [-0.25, -0.2) is 0 Å². The number of hydrogen-bond donors (Lipinski definition) is 0. The van der Waals surface area contributed by atoms with E-state index in [0.29, 0.717) is 6.54 Å². The van der Waals surface area contributed by atoms with Crippen LogP contribution in [-0.4, -0.2) is 22.8 Å². The van der Waals surface area contributed by atoms with Crippen LogP contribution in [-0.2, 0) is 24.2 Å². The molecule has 1 aliphatic rings. The van der Waals surface area contributed by atoms with Gasteiger partial charge in [0.2, 0.25) is 5.91 Å². The first-order chi connectivity index (χ1) is 12.2. The summed E-state index contributed by atoms with van der Waals surface area (Å²) in [4.78, 5) is 19.0. The van der Waals surface area contributed by atoms with Crippen molar-refractivity contribution in [1.82, 2.24) is 9.88 Å². The average molecular weight is 330 g/mol. The summed E-state index contributed by atoms with van der Waals surface area (Å²) in [7, 11) is 1.92. The summed E-state index contributed by atoms with van der Waals surface area (Å²) in [6.45, 7) is 0.637. The quantitative estimate of drug-likeness (QED) is 0.727. The molecule has 0 unspecified atom stereocenters. The highest BCUT2D eigenvalue weighted by Crippen LogP contribution is 2.27. The number of fused-ring (bicyclic) bond motifs is 2. The van der Waals surface area contributed by atoms with Crippen LogP contribution in [0.5, 0.6) is 0 Å². The summed E-state index contributed by atoms with van der Waals surface area (Å²) in [5.41, 5.74) is 3.90. The van der Waals surface area contributed by atoms with Crippen molar-refractivity contribution in [3.63, 3.8) is 0 Å². The van der Waals surface area contributed by atoms with Gasteiger partial charge >= 0.3 is 0 Å². The van der Waals surface area contributed by atoms with E-state index in [4.69, 9.17) is 0 Å². The van der Waals surface area contributed by atoms with Crippen LogP contribution in [0.25, 0.3) is 10.8 Å². The van der Waals surface area contributed by atoms with Crippen LogP contribution in [0.15, 0.2) is 60.9 Å². The van der Waals surface area contributed by atoms with Crippen molar-refractivity contribution < 1.29 is 4.79 Å². The highest BCUT2D eigenvalue weighted by atomic mass is 16.2. The zero-order valence-electron chi connectivity index (χ0n) is 14.5. The Hall–Kier alpha value is -2.68. The van der Waals surface area contributed by atoms with Crippen LogP contribution >= 0.6 is 0 Å². The summed E-state index contributed by atoms with van der Waals surface area (Å²) in [5.74, 6) is 0.345. The van der Waals surface area contributed by atoms with Crippen LogP contribution in [0, 0.1) is 5.92 Å². The molecule has 0 saturated carbocycles. The fraction of sp³-hybridized carbons (Fsp3) is 0.273. The molecular formula is C22H22N2O. The van der Waals surface area contributed by atoms with Crippen LogP contribution in [0.2, 0.25) is 0 Å². The van der Waals surface area contributed by atoms with Crippen molar-refractivity contribution in [2.24, 2.45) is 5.92 Å². The van der Waals surface area contributed by atoms with Gasteiger partial charge in [-0.2, -0.15) is 0 Å². The Morgan fingerprint density at radius 2 is 1.96 bits per heavy atom. The Morgan fingerprint density at radius 1 is 1.12 bits per heavy atom.